The summed E-state index contributed by atoms with van der Waals surface area (Å²) < 4.78 is 0. The van der Waals surface area contributed by atoms with Crippen molar-refractivity contribution in [3.05, 3.63) is 85.6 Å². The van der Waals surface area contributed by atoms with Crippen LogP contribution >= 0.6 is 0 Å². The minimum atomic E-state index is -0.254. The monoisotopic (exact) mass is 220 g/mol. The fourth-order valence-electron chi connectivity index (χ4n) is 1.95. The van der Waals surface area contributed by atoms with E-state index in [2.05, 4.69) is 38.1 Å². The van der Waals surface area contributed by atoms with Crippen LogP contribution < -0.4 is 0 Å². The summed E-state index contributed by atoms with van der Waals surface area (Å²) in [5, 5.41) is 0. The highest BCUT2D eigenvalue weighted by Crippen LogP contribution is 2.25. The summed E-state index contributed by atoms with van der Waals surface area (Å²) in [7, 11) is 0. The minimum absolute atomic E-state index is 0.254. The third kappa shape index (κ3) is 3.74. The van der Waals surface area contributed by atoms with Gasteiger partial charge in [0.25, 0.3) is 0 Å². The molecule has 0 aliphatic heterocycles. The van der Waals surface area contributed by atoms with Gasteiger partial charge in [0, 0.05) is 0 Å². The highest BCUT2D eigenvalue weighted by molar-refractivity contribution is 5.20. The fraction of sp³-hybridized carbons (Fsp3) is 0.176. The SMILES string of the molecule is [CH2]C([CH2])(Cc1[c]cccc1)Cc1[c]cccc1. The molecule has 0 amide bonds. The third-order valence-electron chi connectivity index (χ3n) is 2.68. The van der Waals surface area contributed by atoms with Crippen LogP contribution in [0.2, 0.25) is 0 Å². The molecule has 0 aromatic heterocycles. The van der Waals surface area contributed by atoms with Gasteiger partial charge >= 0.3 is 0 Å². The average molecular weight is 220 g/mol. The minimum Gasteiger partial charge on any atom is -0.0620 e. The molecule has 0 aliphatic rings. The quantitative estimate of drug-likeness (QED) is 0.736. The first-order valence-electron chi connectivity index (χ1n) is 5.78. The van der Waals surface area contributed by atoms with Gasteiger partial charge in [-0.1, -0.05) is 48.5 Å². The molecule has 0 saturated carbocycles. The zero-order valence-electron chi connectivity index (χ0n) is 9.95. The standard InChI is InChI=1S/C17H16/c1-17(2,13-15-9-5-3-6-10-15)14-16-11-7-4-8-12-16/h3-9,11H,1-2,13-14H2. The van der Waals surface area contributed by atoms with Crippen LogP contribution in [0.15, 0.2) is 48.5 Å². The Kier molecular flexibility index (Phi) is 3.63. The second-order valence-corrected chi connectivity index (χ2v) is 4.63. The van der Waals surface area contributed by atoms with Crippen LogP contribution in [-0.4, -0.2) is 0 Å². The summed E-state index contributed by atoms with van der Waals surface area (Å²) in [4.78, 5) is 0. The van der Waals surface area contributed by atoms with Crippen LogP contribution in [-0.2, 0) is 12.8 Å². The molecule has 84 valence electrons. The van der Waals surface area contributed by atoms with Gasteiger partial charge in [-0.3, -0.25) is 0 Å². The molecule has 0 nitrogen and oxygen atoms in total. The first-order chi connectivity index (χ1) is 8.16. The molecule has 0 heterocycles. The Morgan fingerprint density at radius 2 is 1.29 bits per heavy atom. The van der Waals surface area contributed by atoms with E-state index in [0.29, 0.717) is 0 Å². The lowest BCUT2D eigenvalue weighted by atomic mass is 9.80. The van der Waals surface area contributed by atoms with E-state index in [-0.39, 0.29) is 5.41 Å². The van der Waals surface area contributed by atoms with Crippen LogP contribution in [0.4, 0.5) is 0 Å². The van der Waals surface area contributed by atoms with Gasteiger partial charge in [-0.15, -0.1) is 0 Å². The van der Waals surface area contributed by atoms with Crippen molar-refractivity contribution in [1.82, 2.24) is 0 Å². The smallest absolute Gasteiger partial charge is 0.0149 e. The Balaban J connectivity index is 2.04. The molecule has 0 saturated heterocycles. The Morgan fingerprint density at radius 1 is 0.824 bits per heavy atom. The molecule has 2 aromatic rings. The van der Waals surface area contributed by atoms with E-state index < -0.39 is 0 Å². The second kappa shape index (κ2) is 5.18. The van der Waals surface area contributed by atoms with Crippen LogP contribution in [0, 0.1) is 31.4 Å². The maximum Gasteiger partial charge on any atom is -0.0149 e. The van der Waals surface area contributed by atoms with Crippen molar-refractivity contribution in [1.29, 1.82) is 0 Å². The van der Waals surface area contributed by atoms with Gasteiger partial charge in [-0.05, 0) is 55.4 Å². The van der Waals surface area contributed by atoms with E-state index in [1.54, 1.807) is 0 Å². The number of hydrogen-bond donors (Lipinski definition) is 0. The van der Waals surface area contributed by atoms with Crippen molar-refractivity contribution in [3.63, 3.8) is 0 Å². The molecule has 0 heteroatoms. The zero-order valence-corrected chi connectivity index (χ0v) is 9.95. The van der Waals surface area contributed by atoms with E-state index >= 15 is 0 Å². The van der Waals surface area contributed by atoms with Gasteiger partial charge in [-0.25, -0.2) is 0 Å². The topological polar surface area (TPSA) is 0 Å². The van der Waals surface area contributed by atoms with Crippen molar-refractivity contribution >= 4 is 0 Å². The van der Waals surface area contributed by atoms with Gasteiger partial charge in [0.2, 0.25) is 0 Å². The second-order valence-electron chi connectivity index (χ2n) is 4.63. The summed E-state index contributed by atoms with van der Waals surface area (Å²) in [6.45, 7) is 8.42. The largest absolute Gasteiger partial charge is 0.0620 e. The van der Waals surface area contributed by atoms with Crippen molar-refractivity contribution in [2.45, 2.75) is 12.8 Å². The van der Waals surface area contributed by atoms with Gasteiger partial charge < -0.3 is 0 Å². The van der Waals surface area contributed by atoms with E-state index in [4.69, 9.17) is 0 Å². The van der Waals surface area contributed by atoms with Gasteiger partial charge in [0.05, 0.1) is 0 Å². The molecule has 0 bridgehead atoms. The molecule has 0 aliphatic carbocycles. The zero-order chi connectivity index (χ0) is 12.1. The lowest BCUT2D eigenvalue weighted by Gasteiger charge is -2.24. The van der Waals surface area contributed by atoms with Crippen molar-refractivity contribution < 1.29 is 0 Å². The molecule has 17 heavy (non-hydrogen) atoms. The van der Waals surface area contributed by atoms with Crippen LogP contribution in [0.25, 0.3) is 0 Å². The number of hydrogen-bond acceptors (Lipinski definition) is 0. The lowest BCUT2D eigenvalue weighted by molar-refractivity contribution is 0.475. The molecule has 0 N–H and O–H groups in total. The maximum atomic E-state index is 4.21. The van der Waals surface area contributed by atoms with Crippen LogP contribution in [0.5, 0.6) is 0 Å². The van der Waals surface area contributed by atoms with Crippen LogP contribution in [0.3, 0.4) is 0 Å². The molecule has 0 spiro atoms. The highest BCUT2D eigenvalue weighted by atomic mass is 14.2. The summed E-state index contributed by atoms with van der Waals surface area (Å²) >= 11 is 0. The summed E-state index contributed by atoms with van der Waals surface area (Å²) in [5.74, 6) is 0. The predicted molar refractivity (Wildman–Crippen MR) is 71.1 cm³/mol. The Hall–Kier alpha value is -1.56. The van der Waals surface area contributed by atoms with E-state index in [1.807, 2.05) is 36.4 Å². The first-order valence-corrected chi connectivity index (χ1v) is 5.78. The fourth-order valence-corrected chi connectivity index (χ4v) is 1.95. The van der Waals surface area contributed by atoms with Gasteiger partial charge in [0.1, 0.15) is 0 Å². The van der Waals surface area contributed by atoms with Crippen molar-refractivity contribution in [2.75, 3.05) is 0 Å². The third-order valence-corrected chi connectivity index (χ3v) is 2.68. The molecule has 2 aromatic carbocycles. The van der Waals surface area contributed by atoms with E-state index in [0.717, 1.165) is 24.0 Å². The van der Waals surface area contributed by atoms with Crippen LogP contribution in [0.1, 0.15) is 11.1 Å². The maximum absolute atomic E-state index is 4.21. The summed E-state index contributed by atoms with van der Waals surface area (Å²) in [5.41, 5.74) is 2.07. The Bertz CT molecular complexity index is 396. The molecule has 2 rings (SSSR count). The highest BCUT2D eigenvalue weighted by Gasteiger charge is 2.19. The first kappa shape index (κ1) is 11.9. The molecular weight excluding hydrogens is 204 g/mol. The predicted octanol–water partition coefficient (Wildman–Crippen LogP) is 3.73. The molecular formula is C17H16. The van der Waals surface area contributed by atoms with E-state index in [1.165, 1.54) is 0 Å². The Labute approximate surface area is 104 Å². The number of benzene rings is 2. The normalized spacial score (nSPS) is 11.4. The van der Waals surface area contributed by atoms with Crippen molar-refractivity contribution in [3.8, 4) is 0 Å². The summed E-state index contributed by atoms with van der Waals surface area (Å²) in [6, 6.07) is 22.4. The lowest BCUT2D eigenvalue weighted by Crippen LogP contribution is -2.19. The molecule has 0 fully saturated rings. The van der Waals surface area contributed by atoms with Gasteiger partial charge in [0.15, 0.2) is 0 Å². The Morgan fingerprint density at radius 3 is 1.65 bits per heavy atom. The van der Waals surface area contributed by atoms with Crippen molar-refractivity contribution in [2.24, 2.45) is 5.41 Å². The van der Waals surface area contributed by atoms with Gasteiger partial charge in [-0.2, -0.15) is 0 Å². The molecule has 4 radical (unpaired) electrons. The molecule has 0 atom stereocenters. The summed E-state index contributed by atoms with van der Waals surface area (Å²) in [6.07, 6.45) is 1.66. The molecule has 0 unspecified atom stereocenters. The van der Waals surface area contributed by atoms with E-state index in [9.17, 15) is 0 Å². The average Bonchev–Trinajstić information content (AvgIpc) is 2.30. The number of rotatable bonds is 4.